The number of hydrogen-bond acceptors (Lipinski definition) is 1. The van der Waals surface area contributed by atoms with Gasteiger partial charge in [-0.15, -0.1) is 0 Å². The van der Waals surface area contributed by atoms with Gasteiger partial charge in [-0.25, -0.2) is 0 Å². The average molecular weight is 346 g/mol. The molecule has 0 aliphatic rings. The second-order valence-corrected chi connectivity index (χ2v) is 6.51. The van der Waals surface area contributed by atoms with Crippen molar-refractivity contribution in [3.05, 3.63) is 101 Å². The number of thiocarbonyl (C=S) groups is 1. The van der Waals surface area contributed by atoms with Crippen LogP contribution in [0.2, 0.25) is 0 Å². The van der Waals surface area contributed by atoms with Crippen molar-refractivity contribution in [3.63, 3.8) is 0 Å². The fraction of sp³-hybridized carbons (Fsp3) is 0.136. The molecule has 0 aromatic heterocycles. The maximum absolute atomic E-state index is 5.59. The normalized spacial score (nSPS) is 10.5. The largest absolute Gasteiger partial charge is 0.352 e. The Balaban J connectivity index is 1.83. The summed E-state index contributed by atoms with van der Waals surface area (Å²) < 4.78 is 0. The topological polar surface area (TPSA) is 24.1 Å². The van der Waals surface area contributed by atoms with Crippen LogP contribution in [0.25, 0.3) is 0 Å². The molecule has 0 heterocycles. The number of aryl methyl sites for hydroxylation is 1. The van der Waals surface area contributed by atoms with Crippen LogP contribution in [-0.2, 0) is 0 Å². The molecule has 3 aromatic carbocycles. The van der Waals surface area contributed by atoms with Crippen molar-refractivity contribution in [2.45, 2.75) is 19.9 Å². The van der Waals surface area contributed by atoms with Gasteiger partial charge in [-0.05, 0) is 54.4 Å². The van der Waals surface area contributed by atoms with Crippen LogP contribution < -0.4 is 10.6 Å². The summed E-state index contributed by atoms with van der Waals surface area (Å²) in [6.07, 6.45) is 0. The first-order valence-corrected chi connectivity index (χ1v) is 8.79. The molecule has 3 heteroatoms. The molecule has 2 N–H and O–H groups in total. The molecule has 25 heavy (non-hydrogen) atoms. The van der Waals surface area contributed by atoms with Crippen LogP contribution in [0, 0.1) is 13.8 Å². The lowest BCUT2D eigenvalue weighted by molar-refractivity contribution is 0.768. The third-order valence-corrected chi connectivity index (χ3v) is 4.61. The standard InChI is InChI=1S/C22H22N2S/c1-16-10-9-15-20(17(16)2)23-22(25)24-21(18-11-5-3-6-12-18)19-13-7-4-8-14-19/h3-15,21H,1-2H3,(H2,23,24,25). The van der Waals surface area contributed by atoms with E-state index in [2.05, 4.69) is 60.9 Å². The van der Waals surface area contributed by atoms with Crippen molar-refractivity contribution in [3.8, 4) is 0 Å². The van der Waals surface area contributed by atoms with Crippen molar-refractivity contribution < 1.29 is 0 Å². The lowest BCUT2D eigenvalue weighted by Crippen LogP contribution is -2.33. The molecule has 2 nitrogen and oxygen atoms in total. The van der Waals surface area contributed by atoms with E-state index in [1.54, 1.807) is 0 Å². The number of rotatable bonds is 4. The number of hydrogen-bond donors (Lipinski definition) is 2. The Labute approximate surface area is 154 Å². The van der Waals surface area contributed by atoms with Crippen LogP contribution >= 0.6 is 12.2 Å². The summed E-state index contributed by atoms with van der Waals surface area (Å²) in [5, 5.41) is 7.42. The van der Waals surface area contributed by atoms with Gasteiger partial charge in [0.1, 0.15) is 0 Å². The van der Waals surface area contributed by atoms with Crippen molar-refractivity contribution in [2.75, 3.05) is 5.32 Å². The Kier molecular flexibility index (Phi) is 5.46. The Morgan fingerprint density at radius 3 is 1.88 bits per heavy atom. The lowest BCUT2D eigenvalue weighted by Gasteiger charge is -2.22. The van der Waals surface area contributed by atoms with Crippen LogP contribution in [-0.4, -0.2) is 5.11 Å². The van der Waals surface area contributed by atoms with Crippen molar-refractivity contribution in [2.24, 2.45) is 0 Å². The molecule has 0 saturated heterocycles. The molecule has 0 aliphatic heterocycles. The highest BCUT2D eigenvalue weighted by atomic mass is 32.1. The third kappa shape index (κ3) is 4.25. The first kappa shape index (κ1) is 17.2. The van der Waals surface area contributed by atoms with Gasteiger partial charge in [0, 0.05) is 5.69 Å². The van der Waals surface area contributed by atoms with E-state index in [0.29, 0.717) is 5.11 Å². The molecule has 0 bridgehead atoms. The Morgan fingerprint density at radius 2 is 1.32 bits per heavy atom. The molecule has 126 valence electrons. The van der Waals surface area contributed by atoms with Crippen LogP contribution in [0.3, 0.4) is 0 Å². The highest BCUT2D eigenvalue weighted by molar-refractivity contribution is 7.80. The molecule has 0 spiro atoms. The third-order valence-electron chi connectivity index (χ3n) is 4.39. The predicted octanol–water partition coefficient (Wildman–Crippen LogP) is 5.38. The minimum Gasteiger partial charge on any atom is -0.352 e. The molecule has 0 radical (unpaired) electrons. The van der Waals surface area contributed by atoms with Gasteiger partial charge < -0.3 is 10.6 Å². The van der Waals surface area contributed by atoms with Crippen LogP contribution in [0.15, 0.2) is 78.9 Å². The van der Waals surface area contributed by atoms with E-state index in [9.17, 15) is 0 Å². The summed E-state index contributed by atoms with van der Waals surface area (Å²) in [6.45, 7) is 4.21. The summed E-state index contributed by atoms with van der Waals surface area (Å²) in [4.78, 5) is 0. The van der Waals surface area contributed by atoms with Gasteiger partial charge in [-0.1, -0.05) is 72.8 Å². The number of anilines is 1. The fourth-order valence-electron chi connectivity index (χ4n) is 2.83. The van der Waals surface area contributed by atoms with Gasteiger partial charge in [-0.3, -0.25) is 0 Å². The van der Waals surface area contributed by atoms with E-state index < -0.39 is 0 Å². The average Bonchev–Trinajstić information content (AvgIpc) is 2.65. The van der Waals surface area contributed by atoms with E-state index in [1.165, 1.54) is 22.3 Å². The smallest absolute Gasteiger partial charge is 0.171 e. The molecule has 0 unspecified atom stereocenters. The van der Waals surface area contributed by atoms with E-state index in [0.717, 1.165) is 5.69 Å². The highest BCUT2D eigenvalue weighted by Crippen LogP contribution is 2.23. The molecule has 0 aliphatic carbocycles. The van der Waals surface area contributed by atoms with E-state index >= 15 is 0 Å². The number of benzene rings is 3. The highest BCUT2D eigenvalue weighted by Gasteiger charge is 2.15. The van der Waals surface area contributed by atoms with Crippen LogP contribution in [0.1, 0.15) is 28.3 Å². The SMILES string of the molecule is Cc1cccc(NC(=S)NC(c2ccccc2)c2ccccc2)c1C. The second-order valence-electron chi connectivity index (χ2n) is 6.10. The summed E-state index contributed by atoms with van der Waals surface area (Å²) in [6, 6.07) is 26.9. The van der Waals surface area contributed by atoms with E-state index in [1.807, 2.05) is 42.5 Å². The van der Waals surface area contributed by atoms with Crippen LogP contribution in [0.5, 0.6) is 0 Å². The second kappa shape index (κ2) is 7.95. The first-order chi connectivity index (χ1) is 12.1. The van der Waals surface area contributed by atoms with Gasteiger partial charge in [0.05, 0.1) is 6.04 Å². The Bertz CT molecular complexity index is 805. The Hall–Kier alpha value is -2.65. The van der Waals surface area contributed by atoms with Gasteiger partial charge in [0.2, 0.25) is 0 Å². The maximum Gasteiger partial charge on any atom is 0.171 e. The predicted molar refractivity (Wildman–Crippen MR) is 110 cm³/mol. The molecule has 0 saturated carbocycles. The van der Waals surface area contributed by atoms with Crippen molar-refractivity contribution in [1.82, 2.24) is 5.32 Å². The van der Waals surface area contributed by atoms with E-state index in [4.69, 9.17) is 12.2 Å². The van der Waals surface area contributed by atoms with Gasteiger partial charge in [0.25, 0.3) is 0 Å². The molecule has 0 amide bonds. The number of nitrogens with one attached hydrogen (secondary N) is 2. The maximum atomic E-state index is 5.59. The lowest BCUT2D eigenvalue weighted by atomic mass is 9.99. The molecule has 3 rings (SSSR count). The summed E-state index contributed by atoms with van der Waals surface area (Å²) >= 11 is 5.59. The fourth-order valence-corrected chi connectivity index (χ4v) is 3.05. The van der Waals surface area contributed by atoms with Crippen LogP contribution in [0.4, 0.5) is 5.69 Å². The quantitative estimate of drug-likeness (QED) is 0.620. The first-order valence-electron chi connectivity index (χ1n) is 8.39. The zero-order valence-electron chi connectivity index (χ0n) is 14.5. The van der Waals surface area contributed by atoms with E-state index in [-0.39, 0.29) is 6.04 Å². The summed E-state index contributed by atoms with van der Waals surface area (Å²) in [5.41, 5.74) is 5.85. The van der Waals surface area contributed by atoms with Gasteiger partial charge in [-0.2, -0.15) is 0 Å². The van der Waals surface area contributed by atoms with Crippen molar-refractivity contribution >= 4 is 23.0 Å². The van der Waals surface area contributed by atoms with Gasteiger partial charge >= 0.3 is 0 Å². The molecule has 3 aromatic rings. The summed E-state index contributed by atoms with van der Waals surface area (Å²) in [5.74, 6) is 0. The zero-order chi connectivity index (χ0) is 17.6. The van der Waals surface area contributed by atoms with Gasteiger partial charge in [0.15, 0.2) is 5.11 Å². The Morgan fingerprint density at radius 1 is 0.760 bits per heavy atom. The minimum absolute atomic E-state index is 0.00696. The minimum atomic E-state index is 0.00696. The van der Waals surface area contributed by atoms with Crippen molar-refractivity contribution in [1.29, 1.82) is 0 Å². The molecule has 0 atom stereocenters. The monoisotopic (exact) mass is 346 g/mol. The molecular weight excluding hydrogens is 324 g/mol. The summed E-state index contributed by atoms with van der Waals surface area (Å²) in [7, 11) is 0. The molecule has 0 fully saturated rings. The zero-order valence-corrected chi connectivity index (χ0v) is 15.3. The molecular formula is C22H22N2S.